The highest BCUT2D eigenvalue weighted by Crippen LogP contribution is 2.45. The molecule has 0 amide bonds. The van der Waals surface area contributed by atoms with Gasteiger partial charge in [-0.05, 0) is 76.0 Å². The number of carboxylic acids is 1. The first-order chi connectivity index (χ1) is 19.3. The summed E-state index contributed by atoms with van der Waals surface area (Å²) in [6.07, 6.45) is 1.95. The number of benzene rings is 1. The maximum atomic E-state index is 12.8. The topological polar surface area (TPSA) is 78.8 Å². The Balaban J connectivity index is 1.60. The molecular formula is C33H44N4O3S. The zero-order chi connectivity index (χ0) is 29.5. The number of anilines is 1. The molecule has 1 saturated heterocycles. The minimum Gasteiger partial charge on any atom is -0.479 e. The van der Waals surface area contributed by atoms with Crippen LogP contribution in [0.3, 0.4) is 0 Å². The molecule has 5 rings (SSSR count). The van der Waals surface area contributed by atoms with Crippen molar-refractivity contribution in [2.45, 2.75) is 92.5 Å². The molecule has 8 heteroatoms. The second-order valence-corrected chi connectivity index (χ2v) is 14.2. The number of piperidine rings is 1. The number of aliphatic carboxylic acids is 1. The van der Waals surface area contributed by atoms with Crippen molar-refractivity contribution in [3.8, 4) is 11.1 Å². The van der Waals surface area contributed by atoms with Crippen LogP contribution in [0.4, 0.5) is 5.69 Å². The SMILES string of the molecule is Cc1nc(C)c([C@H](OC(C)(C)C)C(=O)O)c(N2CCC(C)(C)CC2)c1-c1ccc2c(c1)CCN(Cc1cscn1)C2. The summed E-state index contributed by atoms with van der Waals surface area (Å²) in [4.78, 5) is 27.0. The Hall–Kier alpha value is -2.81. The molecule has 2 aromatic heterocycles. The Morgan fingerprint density at radius 1 is 1.12 bits per heavy atom. The quantitative estimate of drug-likeness (QED) is 0.326. The molecular weight excluding hydrogens is 532 g/mol. The molecule has 1 atom stereocenters. The van der Waals surface area contributed by atoms with Crippen LogP contribution in [-0.2, 0) is 29.0 Å². The third-order valence-corrected chi connectivity index (χ3v) is 9.06. The van der Waals surface area contributed by atoms with Crippen LogP contribution < -0.4 is 4.90 Å². The van der Waals surface area contributed by atoms with E-state index in [0.29, 0.717) is 5.56 Å². The minimum absolute atomic E-state index is 0.262. The second-order valence-electron chi connectivity index (χ2n) is 13.4. The predicted molar refractivity (Wildman–Crippen MR) is 166 cm³/mol. The van der Waals surface area contributed by atoms with Crippen molar-refractivity contribution >= 4 is 23.0 Å². The van der Waals surface area contributed by atoms with Gasteiger partial charge in [0.05, 0.1) is 22.5 Å². The van der Waals surface area contributed by atoms with Gasteiger partial charge in [-0.25, -0.2) is 9.78 Å². The van der Waals surface area contributed by atoms with Crippen LogP contribution in [-0.4, -0.2) is 51.2 Å². The van der Waals surface area contributed by atoms with E-state index in [1.807, 2.05) is 33.2 Å². The lowest BCUT2D eigenvalue weighted by atomic mass is 9.81. The number of ether oxygens (including phenoxy) is 1. The molecule has 0 saturated carbocycles. The Kier molecular flexibility index (Phi) is 8.30. The molecule has 0 aliphatic carbocycles. The number of fused-ring (bicyclic) bond motifs is 1. The van der Waals surface area contributed by atoms with E-state index in [4.69, 9.17) is 9.72 Å². The average Bonchev–Trinajstić information content (AvgIpc) is 3.39. The van der Waals surface area contributed by atoms with Crippen LogP contribution in [0, 0.1) is 19.3 Å². The molecule has 2 aliphatic heterocycles. The van der Waals surface area contributed by atoms with E-state index >= 15 is 0 Å². The van der Waals surface area contributed by atoms with Crippen molar-refractivity contribution in [2.24, 2.45) is 5.41 Å². The number of aryl methyl sites for hydroxylation is 2. The summed E-state index contributed by atoms with van der Waals surface area (Å²) in [7, 11) is 0. The largest absolute Gasteiger partial charge is 0.479 e. The van der Waals surface area contributed by atoms with Gasteiger partial charge in [0.25, 0.3) is 0 Å². The summed E-state index contributed by atoms with van der Waals surface area (Å²) >= 11 is 1.64. The molecule has 7 nitrogen and oxygen atoms in total. The fourth-order valence-electron chi connectivity index (χ4n) is 6.20. The van der Waals surface area contributed by atoms with Gasteiger partial charge in [0.15, 0.2) is 6.10 Å². The molecule has 4 heterocycles. The molecule has 1 aromatic carbocycles. The lowest BCUT2D eigenvalue weighted by Crippen LogP contribution is -2.39. The number of pyridine rings is 1. The third kappa shape index (κ3) is 6.65. The number of aromatic nitrogens is 2. The first kappa shape index (κ1) is 29.7. The molecule has 0 bridgehead atoms. The molecule has 2 aliphatic rings. The number of carboxylic acid groups (broad SMARTS) is 1. The normalized spacial score (nSPS) is 18.3. The highest BCUT2D eigenvalue weighted by Gasteiger charge is 2.36. The smallest absolute Gasteiger partial charge is 0.337 e. The first-order valence-electron chi connectivity index (χ1n) is 14.7. The number of carbonyl (C=O) groups is 1. The fraction of sp³-hybridized carbons (Fsp3) is 0.545. The molecule has 0 unspecified atom stereocenters. The van der Waals surface area contributed by atoms with Gasteiger partial charge in [-0.15, -0.1) is 11.3 Å². The predicted octanol–water partition coefficient (Wildman–Crippen LogP) is 6.95. The lowest BCUT2D eigenvalue weighted by molar-refractivity contribution is -0.160. The maximum Gasteiger partial charge on any atom is 0.337 e. The lowest BCUT2D eigenvalue weighted by Gasteiger charge is -2.41. The molecule has 1 fully saturated rings. The zero-order valence-corrected chi connectivity index (χ0v) is 26.4. The molecule has 0 spiro atoms. The Labute approximate surface area is 248 Å². The third-order valence-electron chi connectivity index (χ3n) is 8.43. The van der Waals surface area contributed by atoms with Gasteiger partial charge in [-0.3, -0.25) is 9.88 Å². The highest BCUT2D eigenvalue weighted by molar-refractivity contribution is 7.07. The van der Waals surface area contributed by atoms with Crippen molar-refractivity contribution in [2.75, 3.05) is 24.5 Å². The van der Waals surface area contributed by atoms with E-state index in [2.05, 4.69) is 59.1 Å². The van der Waals surface area contributed by atoms with E-state index in [9.17, 15) is 9.90 Å². The number of rotatable bonds is 7. The number of hydrogen-bond acceptors (Lipinski definition) is 7. The average molecular weight is 577 g/mol. The summed E-state index contributed by atoms with van der Waals surface area (Å²) < 4.78 is 6.24. The molecule has 41 heavy (non-hydrogen) atoms. The summed E-state index contributed by atoms with van der Waals surface area (Å²) in [5.41, 5.74) is 10.8. The van der Waals surface area contributed by atoms with Crippen molar-refractivity contribution in [1.82, 2.24) is 14.9 Å². The highest BCUT2D eigenvalue weighted by atomic mass is 32.1. The van der Waals surface area contributed by atoms with Crippen LogP contribution >= 0.6 is 11.3 Å². The summed E-state index contributed by atoms with van der Waals surface area (Å²) in [5, 5.41) is 12.6. The summed E-state index contributed by atoms with van der Waals surface area (Å²) in [6.45, 7) is 18.8. The van der Waals surface area contributed by atoms with Gasteiger partial charge in [0, 0.05) is 60.6 Å². The van der Waals surface area contributed by atoms with Crippen molar-refractivity contribution in [3.05, 3.63) is 62.9 Å². The Morgan fingerprint density at radius 2 is 1.85 bits per heavy atom. The van der Waals surface area contributed by atoms with Crippen molar-refractivity contribution in [1.29, 1.82) is 0 Å². The van der Waals surface area contributed by atoms with E-state index < -0.39 is 17.7 Å². The van der Waals surface area contributed by atoms with Crippen molar-refractivity contribution < 1.29 is 14.6 Å². The minimum atomic E-state index is -1.11. The summed E-state index contributed by atoms with van der Waals surface area (Å²) in [6, 6.07) is 6.77. The number of thiazole rings is 1. The van der Waals surface area contributed by atoms with Crippen molar-refractivity contribution in [3.63, 3.8) is 0 Å². The van der Waals surface area contributed by atoms with Gasteiger partial charge in [0.1, 0.15) is 0 Å². The summed E-state index contributed by atoms with van der Waals surface area (Å²) in [5.74, 6) is -0.983. The van der Waals surface area contributed by atoms with E-state index in [1.54, 1.807) is 11.3 Å². The monoisotopic (exact) mass is 576 g/mol. The van der Waals surface area contributed by atoms with Crippen LogP contribution in [0.15, 0.2) is 29.1 Å². The van der Waals surface area contributed by atoms with E-state index in [0.717, 1.165) is 85.9 Å². The Bertz CT molecular complexity index is 1400. The molecule has 1 N–H and O–H groups in total. The Morgan fingerprint density at radius 3 is 2.49 bits per heavy atom. The first-order valence-corrected chi connectivity index (χ1v) is 15.6. The molecule has 0 radical (unpaired) electrons. The zero-order valence-electron chi connectivity index (χ0n) is 25.6. The molecule has 3 aromatic rings. The van der Waals surface area contributed by atoms with Crippen LogP contribution in [0.25, 0.3) is 11.1 Å². The second kappa shape index (κ2) is 11.5. The van der Waals surface area contributed by atoms with Gasteiger partial charge < -0.3 is 14.7 Å². The van der Waals surface area contributed by atoms with Gasteiger partial charge in [0.2, 0.25) is 0 Å². The standard InChI is InChI=1S/C33H44N4O3S/c1-21-27(24-8-9-25-17-36(13-10-23(25)16-24)18-26-19-41-20-34-26)29(37-14-11-33(6,7)12-15-37)28(22(2)35-21)30(31(38)39)40-32(3,4)5/h8-9,16,19-20,30H,10-15,17-18H2,1-7H3,(H,38,39)/t30-/m0/s1. The number of hydrogen-bond donors (Lipinski definition) is 1. The number of nitrogens with zero attached hydrogens (tertiary/aromatic N) is 4. The van der Waals surface area contributed by atoms with Crippen LogP contribution in [0.2, 0.25) is 0 Å². The van der Waals surface area contributed by atoms with Crippen LogP contribution in [0.5, 0.6) is 0 Å². The van der Waals surface area contributed by atoms with Crippen LogP contribution in [0.1, 0.15) is 87.3 Å². The van der Waals surface area contributed by atoms with E-state index in [1.165, 1.54) is 11.1 Å². The molecule has 220 valence electrons. The van der Waals surface area contributed by atoms with E-state index in [-0.39, 0.29) is 5.41 Å². The maximum absolute atomic E-state index is 12.8. The van der Waals surface area contributed by atoms with Gasteiger partial charge >= 0.3 is 5.97 Å². The fourth-order valence-corrected chi connectivity index (χ4v) is 6.75. The van der Waals surface area contributed by atoms with Gasteiger partial charge in [-0.1, -0.05) is 32.0 Å². The van der Waals surface area contributed by atoms with Gasteiger partial charge in [-0.2, -0.15) is 0 Å².